The van der Waals surface area contributed by atoms with Gasteiger partial charge in [-0.1, -0.05) is 30.7 Å². The number of hydrogen-bond acceptors (Lipinski definition) is 3. The smallest absolute Gasteiger partial charge is 0.334 e. The Bertz CT molecular complexity index is 712. The highest BCUT2D eigenvalue weighted by molar-refractivity contribution is 6.30. The van der Waals surface area contributed by atoms with E-state index in [1.54, 1.807) is 55.3 Å². The number of nitrogens with zero attached hydrogens (tertiary/aromatic N) is 2. The molecule has 2 N–H and O–H groups in total. The molecule has 2 rings (SSSR count). The Morgan fingerprint density at radius 2 is 2.00 bits per heavy atom. The topological polar surface area (TPSA) is 84.2 Å². The third-order valence-electron chi connectivity index (χ3n) is 3.71. The molecular weight excluding hydrogens is 318 g/mol. The van der Waals surface area contributed by atoms with E-state index in [2.05, 4.69) is 10.4 Å². The third-order valence-corrected chi connectivity index (χ3v) is 3.96. The fourth-order valence-electron chi connectivity index (χ4n) is 2.46. The van der Waals surface area contributed by atoms with Crippen molar-refractivity contribution in [1.29, 1.82) is 0 Å². The third kappa shape index (κ3) is 3.71. The summed E-state index contributed by atoms with van der Waals surface area (Å²) in [5, 5.41) is 16.9. The van der Waals surface area contributed by atoms with Gasteiger partial charge in [0, 0.05) is 18.3 Å². The number of carboxylic acids is 1. The lowest BCUT2D eigenvalue weighted by atomic mass is 9.87. The molecule has 0 aliphatic rings. The van der Waals surface area contributed by atoms with Crippen LogP contribution in [-0.4, -0.2) is 26.8 Å². The Labute approximate surface area is 139 Å². The fourth-order valence-corrected chi connectivity index (χ4v) is 2.58. The summed E-state index contributed by atoms with van der Waals surface area (Å²) in [4.78, 5) is 24.2. The SMILES string of the molecule is CCC(NC(=O)Cc1cnn(C)c1)(C(=O)O)c1ccc(Cl)cc1. The molecule has 0 spiro atoms. The highest BCUT2D eigenvalue weighted by Crippen LogP contribution is 2.27. The number of rotatable bonds is 6. The maximum absolute atomic E-state index is 12.3. The first-order chi connectivity index (χ1) is 10.9. The van der Waals surface area contributed by atoms with Crippen LogP contribution in [0.3, 0.4) is 0 Å². The van der Waals surface area contributed by atoms with E-state index < -0.39 is 11.5 Å². The van der Waals surface area contributed by atoms with Crippen molar-refractivity contribution < 1.29 is 14.7 Å². The van der Waals surface area contributed by atoms with Crippen molar-refractivity contribution in [3.05, 3.63) is 52.8 Å². The molecule has 2 aromatic rings. The van der Waals surface area contributed by atoms with Crippen molar-refractivity contribution in [2.24, 2.45) is 7.05 Å². The van der Waals surface area contributed by atoms with Crippen LogP contribution >= 0.6 is 11.6 Å². The van der Waals surface area contributed by atoms with Gasteiger partial charge in [0.25, 0.3) is 0 Å². The van der Waals surface area contributed by atoms with Crippen LogP contribution in [0.1, 0.15) is 24.5 Å². The zero-order valence-electron chi connectivity index (χ0n) is 12.9. The molecule has 1 unspecified atom stereocenters. The number of amides is 1. The van der Waals surface area contributed by atoms with E-state index in [-0.39, 0.29) is 18.7 Å². The molecule has 122 valence electrons. The number of nitrogens with one attached hydrogen (secondary N) is 1. The van der Waals surface area contributed by atoms with Gasteiger partial charge in [0.05, 0.1) is 12.6 Å². The number of carbonyl (C=O) groups excluding carboxylic acids is 1. The van der Waals surface area contributed by atoms with Gasteiger partial charge in [-0.15, -0.1) is 0 Å². The molecule has 1 atom stereocenters. The molecule has 0 aliphatic heterocycles. The summed E-state index contributed by atoms with van der Waals surface area (Å²) in [5.41, 5.74) is -0.280. The maximum atomic E-state index is 12.3. The summed E-state index contributed by atoms with van der Waals surface area (Å²) >= 11 is 5.86. The quantitative estimate of drug-likeness (QED) is 0.847. The summed E-state index contributed by atoms with van der Waals surface area (Å²) in [7, 11) is 1.75. The second kappa shape index (κ2) is 6.83. The molecule has 1 heterocycles. The zero-order valence-corrected chi connectivity index (χ0v) is 13.7. The average Bonchev–Trinajstić information content (AvgIpc) is 2.90. The van der Waals surface area contributed by atoms with Gasteiger partial charge >= 0.3 is 5.97 Å². The molecule has 7 heteroatoms. The molecule has 23 heavy (non-hydrogen) atoms. The number of hydrogen-bond donors (Lipinski definition) is 2. The minimum absolute atomic E-state index is 0.0659. The van der Waals surface area contributed by atoms with E-state index in [0.717, 1.165) is 5.56 Å². The zero-order chi connectivity index (χ0) is 17.0. The minimum Gasteiger partial charge on any atom is -0.479 e. The van der Waals surface area contributed by atoms with Crippen LogP contribution in [0, 0.1) is 0 Å². The molecule has 0 aliphatic carbocycles. The standard InChI is InChI=1S/C16H18ClN3O3/c1-3-16(15(22)23,12-4-6-13(17)7-5-12)19-14(21)8-11-9-18-20(2)10-11/h4-7,9-10H,3,8H2,1-2H3,(H,19,21)(H,22,23). The highest BCUT2D eigenvalue weighted by Gasteiger charge is 2.40. The van der Waals surface area contributed by atoms with Gasteiger partial charge in [-0.25, -0.2) is 4.79 Å². The van der Waals surface area contributed by atoms with Gasteiger partial charge < -0.3 is 10.4 Å². The normalized spacial score (nSPS) is 13.3. The van der Waals surface area contributed by atoms with Crippen molar-refractivity contribution in [3.8, 4) is 0 Å². The minimum atomic E-state index is -1.48. The Hall–Kier alpha value is -2.34. The van der Waals surface area contributed by atoms with Crippen molar-refractivity contribution in [2.75, 3.05) is 0 Å². The van der Waals surface area contributed by atoms with Crippen molar-refractivity contribution in [1.82, 2.24) is 15.1 Å². The number of carbonyl (C=O) groups is 2. The molecule has 0 saturated heterocycles. The van der Waals surface area contributed by atoms with Crippen LogP contribution in [0.5, 0.6) is 0 Å². The van der Waals surface area contributed by atoms with Crippen LogP contribution in [-0.2, 0) is 28.6 Å². The predicted molar refractivity (Wildman–Crippen MR) is 86.1 cm³/mol. The molecule has 0 saturated carbocycles. The van der Waals surface area contributed by atoms with E-state index >= 15 is 0 Å². The van der Waals surface area contributed by atoms with E-state index in [4.69, 9.17) is 11.6 Å². The first-order valence-corrected chi connectivity index (χ1v) is 7.53. The van der Waals surface area contributed by atoms with Crippen LogP contribution in [0.2, 0.25) is 5.02 Å². The van der Waals surface area contributed by atoms with E-state index in [9.17, 15) is 14.7 Å². The summed E-state index contributed by atoms with van der Waals surface area (Å²) in [6.45, 7) is 1.72. The number of aliphatic carboxylic acids is 1. The lowest BCUT2D eigenvalue weighted by Crippen LogP contribution is -2.52. The monoisotopic (exact) mass is 335 g/mol. The van der Waals surface area contributed by atoms with Crippen molar-refractivity contribution >= 4 is 23.5 Å². The Morgan fingerprint density at radius 3 is 2.48 bits per heavy atom. The largest absolute Gasteiger partial charge is 0.479 e. The first kappa shape index (κ1) is 17.0. The van der Waals surface area contributed by atoms with Gasteiger partial charge in [0.1, 0.15) is 0 Å². The summed E-state index contributed by atoms with van der Waals surface area (Å²) in [6, 6.07) is 6.45. The van der Waals surface area contributed by atoms with Gasteiger partial charge in [-0.2, -0.15) is 5.10 Å². The highest BCUT2D eigenvalue weighted by atomic mass is 35.5. The molecule has 0 radical (unpaired) electrons. The van der Waals surface area contributed by atoms with Crippen molar-refractivity contribution in [3.63, 3.8) is 0 Å². The summed E-state index contributed by atoms with van der Waals surface area (Å²) in [5.74, 6) is -1.49. The van der Waals surface area contributed by atoms with Gasteiger partial charge in [0.2, 0.25) is 5.91 Å². The fraction of sp³-hybridized carbons (Fsp3) is 0.312. The van der Waals surface area contributed by atoms with Crippen LogP contribution in [0.4, 0.5) is 0 Å². The van der Waals surface area contributed by atoms with Crippen LogP contribution in [0.25, 0.3) is 0 Å². The number of aryl methyl sites for hydroxylation is 1. The molecule has 0 bridgehead atoms. The van der Waals surface area contributed by atoms with Crippen molar-refractivity contribution in [2.45, 2.75) is 25.3 Å². The summed E-state index contributed by atoms with van der Waals surface area (Å²) in [6.07, 6.45) is 3.58. The molecular formula is C16H18ClN3O3. The van der Waals surface area contributed by atoms with E-state index in [1.807, 2.05) is 0 Å². The molecule has 1 amide bonds. The number of benzene rings is 1. The maximum Gasteiger partial charge on any atom is 0.334 e. The van der Waals surface area contributed by atoms with E-state index in [1.165, 1.54) is 0 Å². The Kier molecular flexibility index (Phi) is 5.05. The Morgan fingerprint density at radius 1 is 1.35 bits per heavy atom. The van der Waals surface area contributed by atoms with Gasteiger partial charge in [-0.3, -0.25) is 9.48 Å². The second-order valence-corrected chi connectivity index (χ2v) is 5.75. The molecule has 1 aromatic heterocycles. The second-order valence-electron chi connectivity index (χ2n) is 5.32. The Balaban J connectivity index is 2.26. The molecule has 0 fully saturated rings. The van der Waals surface area contributed by atoms with E-state index in [0.29, 0.717) is 10.6 Å². The average molecular weight is 336 g/mol. The lowest BCUT2D eigenvalue weighted by molar-refractivity contribution is -0.148. The predicted octanol–water partition coefficient (Wildman–Crippen LogP) is 2.12. The number of aromatic nitrogens is 2. The van der Waals surface area contributed by atoms with Gasteiger partial charge in [0.15, 0.2) is 5.54 Å². The van der Waals surface area contributed by atoms with Crippen LogP contribution in [0.15, 0.2) is 36.7 Å². The molecule has 1 aromatic carbocycles. The lowest BCUT2D eigenvalue weighted by Gasteiger charge is -2.30. The first-order valence-electron chi connectivity index (χ1n) is 7.15. The van der Waals surface area contributed by atoms with Gasteiger partial charge in [-0.05, 0) is 29.7 Å². The summed E-state index contributed by atoms with van der Waals surface area (Å²) < 4.78 is 1.59. The molecule has 6 nitrogen and oxygen atoms in total. The number of carboxylic acid groups (broad SMARTS) is 1. The number of halogens is 1. The van der Waals surface area contributed by atoms with Crippen LogP contribution < -0.4 is 5.32 Å².